The maximum atomic E-state index is 13.3. The molecule has 0 bridgehead atoms. The lowest BCUT2D eigenvalue weighted by molar-refractivity contribution is 0.0941. The highest BCUT2D eigenvalue weighted by molar-refractivity contribution is 9.10. The number of hydrogen-bond acceptors (Lipinski definition) is 2. The quantitative estimate of drug-likeness (QED) is 0.689. The SMILES string of the molecule is O=C1c2ccc(Br)c(F)c2O[C@H]1Br. The van der Waals surface area contributed by atoms with E-state index in [1.54, 1.807) is 0 Å². The zero-order chi connectivity index (χ0) is 9.59. The third kappa shape index (κ3) is 1.30. The Balaban J connectivity index is 2.64. The number of rotatable bonds is 0. The van der Waals surface area contributed by atoms with Crippen LogP contribution in [0.3, 0.4) is 0 Å². The molecule has 0 spiro atoms. The van der Waals surface area contributed by atoms with Crippen molar-refractivity contribution in [2.45, 2.75) is 5.01 Å². The zero-order valence-electron chi connectivity index (χ0n) is 6.18. The minimum Gasteiger partial charge on any atom is -0.467 e. The lowest BCUT2D eigenvalue weighted by Crippen LogP contribution is -2.10. The highest BCUT2D eigenvalue weighted by Crippen LogP contribution is 2.36. The van der Waals surface area contributed by atoms with Crippen LogP contribution in [-0.2, 0) is 0 Å². The summed E-state index contributed by atoms with van der Waals surface area (Å²) in [5, 5.41) is -0.758. The van der Waals surface area contributed by atoms with Gasteiger partial charge in [0.1, 0.15) is 0 Å². The Morgan fingerprint density at radius 1 is 1.46 bits per heavy atom. The molecular weight excluding hydrogens is 307 g/mol. The van der Waals surface area contributed by atoms with Crippen LogP contribution in [0.4, 0.5) is 4.39 Å². The number of carbonyl (C=O) groups excluding carboxylic acids is 1. The molecular formula is C8H3Br2FO2. The van der Waals surface area contributed by atoms with Crippen LogP contribution in [0.15, 0.2) is 16.6 Å². The number of fused-ring (bicyclic) bond motifs is 1. The van der Waals surface area contributed by atoms with Gasteiger partial charge in [-0.3, -0.25) is 4.79 Å². The van der Waals surface area contributed by atoms with E-state index in [0.29, 0.717) is 4.47 Å². The van der Waals surface area contributed by atoms with Crippen molar-refractivity contribution in [3.8, 4) is 5.75 Å². The van der Waals surface area contributed by atoms with Crippen LogP contribution in [-0.4, -0.2) is 10.8 Å². The van der Waals surface area contributed by atoms with Gasteiger partial charge >= 0.3 is 0 Å². The fraction of sp³-hybridized carbons (Fsp3) is 0.125. The Labute approximate surface area is 90.3 Å². The standard InChI is InChI=1S/C8H3Br2FO2/c9-4-2-1-3-6(12)8(10)13-7(3)5(4)11/h1-2,8H/t8-/m1/s1. The minimum atomic E-state index is -0.758. The highest BCUT2D eigenvalue weighted by atomic mass is 79.9. The summed E-state index contributed by atoms with van der Waals surface area (Å²) < 4.78 is 18.6. The van der Waals surface area contributed by atoms with Gasteiger partial charge in [0.25, 0.3) is 0 Å². The van der Waals surface area contributed by atoms with Crippen LogP contribution in [0, 0.1) is 5.82 Å². The summed E-state index contributed by atoms with van der Waals surface area (Å²) in [6.45, 7) is 0. The molecule has 1 heterocycles. The van der Waals surface area contributed by atoms with Crippen LogP contribution in [0.5, 0.6) is 5.75 Å². The fourth-order valence-electron chi connectivity index (χ4n) is 1.12. The number of benzene rings is 1. The van der Waals surface area contributed by atoms with Gasteiger partial charge in [-0.2, -0.15) is 0 Å². The molecule has 5 heteroatoms. The molecule has 13 heavy (non-hydrogen) atoms. The van der Waals surface area contributed by atoms with Crippen molar-refractivity contribution in [2.24, 2.45) is 0 Å². The van der Waals surface area contributed by atoms with E-state index >= 15 is 0 Å². The Bertz CT molecular complexity index is 392. The van der Waals surface area contributed by atoms with Crippen molar-refractivity contribution in [1.82, 2.24) is 0 Å². The van der Waals surface area contributed by atoms with Gasteiger partial charge in [-0.25, -0.2) is 4.39 Å². The molecule has 0 saturated carbocycles. The predicted molar refractivity (Wildman–Crippen MR) is 51.8 cm³/mol. The van der Waals surface area contributed by atoms with Gasteiger partial charge in [-0.15, -0.1) is 0 Å². The molecule has 1 aromatic rings. The molecule has 0 unspecified atom stereocenters. The molecule has 1 aliphatic rings. The Morgan fingerprint density at radius 3 is 2.85 bits per heavy atom. The maximum Gasteiger partial charge on any atom is 0.218 e. The van der Waals surface area contributed by atoms with Crippen molar-refractivity contribution >= 4 is 37.6 Å². The molecule has 1 aromatic carbocycles. The summed E-state index contributed by atoms with van der Waals surface area (Å²) in [4.78, 5) is 11.3. The molecule has 0 amide bonds. The van der Waals surface area contributed by atoms with E-state index in [1.165, 1.54) is 12.1 Å². The minimum absolute atomic E-state index is 0.0150. The summed E-state index contributed by atoms with van der Waals surface area (Å²) >= 11 is 6.00. The summed E-state index contributed by atoms with van der Waals surface area (Å²) in [5.41, 5.74) is 0.280. The van der Waals surface area contributed by atoms with Crippen molar-refractivity contribution < 1.29 is 13.9 Å². The third-order valence-corrected chi connectivity index (χ3v) is 2.96. The first kappa shape index (κ1) is 9.15. The summed E-state index contributed by atoms with van der Waals surface area (Å²) in [6.07, 6.45) is 0. The van der Waals surface area contributed by atoms with Crippen molar-refractivity contribution in [3.63, 3.8) is 0 Å². The lowest BCUT2D eigenvalue weighted by Gasteiger charge is -2.01. The van der Waals surface area contributed by atoms with E-state index in [1.807, 2.05) is 0 Å². The number of Topliss-reactive ketones (excluding diaryl/α,β-unsaturated/α-hetero) is 1. The molecule has 0 radical (unpaired) electrons. The average molecular weight is 310 g/mol. The van der Waals surface area contributed by atoms with Crippen LogP contribution in [0.2, 0.25) is 0 Å². The van der Waals surface area contributed by atoms with Gasteiger partial charge in [0.05, 0.1) is 10.0 Å². The molecule has 0 fully saturated rings. The van der Waals surface area contributed by atoms with Crippen LogP contribution >= 0.6 is 31.9 Å². The number of ketones is 1. The van der Waals surface area contributed by atoms with Gasteiger partial charge in [-0.05, 0) is 44.0 Å². The average Bonchev–Trinajstić information content (AvgIpc) is 2.38. The number of ether oxygens (including phenoxy) is 1. The van der Waals surface area contributed by atoms with E-state index in [9.17, 15) is 9.18 Å². The van der Waals surface area contributed by atoms with Crippen molar-refractivity contribution in [3.05, 3.63) is 28.0 Å². The first-order valence-electron chi connectivity index (χ1n) is 3.44. The molecule has 0 N–H and O–H groups in total. The van der Waals surface area contributed by atoms with Crippen molar-refractivity contribution in [2.75, 3.05) is 0 Å². The van der Waals surface area contributed by atoms with Crippen molar-refractivity contribution in [1.29, 1.82) is 0 Å². The fourth-order valence-corrected chi connectivity index (χ4v) is 1.87. The third-order valence-electron chi connectivity index (χ3n) is 1.74. The Hall–Kier alpha value is -0.420. The molecule has 1 aliphatic heterocycles. The number of alkyl halides is 1. The molecule has 2 nitrogen and oxygen atoms in total. The molecule has 0 aliphatic carbocycles. The Kier molecular flexibility index (Phi) is 2.15. The summed E-state index contributed by atoms with van der Waals surface area (Å²) in [6, 6.07) is 3.02. The van der Waals surface area contributed by atoms with E-state index in [-0.39, 0.29) is 17.1 Å². The second-order valence-electron chi connectivity index (χ2n) is 2.54. The molecule has 0 aromatic heterocycles. The topological polar surface area (TPSA) is 26.3 Å². The first-order valence-corrected chi connectivity index (χ1v) is 5.15. The maximum absolute atomic E-state index is 13.3. The largest absolute Gasteiger partial charge is 0.467 e. The molecule has 68 valence electrons. The van der Waals surface area contributed by atoms with E-state index in [4.69, 9.17) is 4.74 Å². The Morgan fingerprint density at radius 2 is 2.15 bits per heavy atom. The van der Waals surface area contributed by atoms with Crippen LogP contribution in [0.25, 0.3) is 0 Å². The van der Waals surface area contributed by atoms with Crippen LogP contribution < -0.4 is 4.74 Å². The first-order chi connectivity index (χ1) is 6.11. The normalized spacial score (nSPS) is 19.9. The zero-order valence-corrected chi connectivity index (χ0v) is 9.35. The van der Waals surface area contributed by atoms with Gasteiger partial charge in [0.2, 0.25) is 10.8 Å². The lowest BCUT2D eigenvalue weighted by atomic mass is 10.1. The predicted octanol–water partition coefficient (Wildman–Crippen LogP) is 2.88. The molecule has 2 rings (SSSR count). The van der Waals surface area contributed by atoms with Gasteiger partial charge in [-0.1, -0.05) is 0 Å². The van der Waals surface area contributed by atoms with E-state index in [0.717, 1.165) is 0 Å². The molecule has 0 saturated heterocycles. The monoisotopic (exact) mass is 308 g/mol. The number of halogens is 3. The number of carbonyl (C=O) groups is 1. The van der Waals surface area contributed by atoms with Gasteiger partial charge in [0.15, 0.2) is 11.6 Å². The summed E-state index contributed by atoms with van der Waals surface area (Å²) in [7, 11) is 0. The summed E-state index contributed by atoms with van der Waals surface area (Å²) in [5.74, 6) is -0.768. The smallest absolute Gasteiger partial charge is 0.218 e. The van der Waals surface area contributed by atoms with Gasteiger partial charge < -0.3 is 4.74 Å². The van der Waals surface area contributed by atoms with Gasteiger partial charge in [0, 0.05) is 0 Å². The highest BCUT2D eigenvalue weighted by Gasteiger charge is 2.33. The van der Waals surface area contributed by atoms with E-state index in [2.05, 4.69) is 31.9 Å². The second kappa shape index (κ2) is 3.06. The molecule has 1 atom stereocenters. The van der Waals surface area contributed by atoms with E-state index < -0.39 is 10.8 Å². The second-order valence-corrected chi connectivity index (χ2v) is 4.22. The number of hydrogen-bond donors (Lipinski definition) is 0. The van der Waals surface area contributed by atoms with Crippen LogP contribution in [0.1, 0.15) is 10.4 Å².